The molecule has 0 fully saturated rings. The van der Waals surface area contributed by atoms with E-state index in [0.717, 1.165) is 10.3 Å². The van der Waals surface area contributed by atoms with Crippen LogP contribution in [-0.4, -0.2) is 25.1 Å². The van der Waals surface area contributed by atoms with Crippen molar-refractivity contribution >= 4 is 33.9 Å². The maximum atomic E-state index is 12.4. The fraction of sp³-hybridized carbons (Fsp3) is 0.158. The number of hydrogen-bond donors (Lipinski definition) is 2. The van der Waals surface area contributed by atoms with Crippen LogP contribution in [0.1, 0.15) is 12.1 Å². The molecule has 0 spiro atoms. The molecule has 1 aromatic carbocycles. The van der Waals surface area contributed by atoms with Crippen molar-refractivity contribution < 1.29 is 4.79 Å². The number of benzene rings is 1. The number of aryl methyl sites for hydroxylation is 1. The van der Waals surface area contributed by atoms with Gasteiger partial charge in [-0.25, -0.2) is 9.67 Å². The van der Waals surface area contributed by atoms with Crippen molar-refractivity contribution in [1.82, 2.24) is 24.5 Å². The standard InChI is InChI=1S/C19H16ClN5O3/c20-12-5-6-16-22-13(11-24(16)10-12)9-21-17(26)7-8-25-19(28)15-4-2-1-3-14(15)18(27)23-25/h1-6,10-11H,7-9H2,(H,21,26)(H,23,27). The van der Waals surface area contributed by atoms with Crippen LogP contribution in [-0.2, 0) is 17.9 Å². The van der Waals surface area contributed by atoms with E-state index in [4.69, 9.17) is 11.6 Å². The molecule has 4 aromatic rings. The van der Waals surface area contributed by atoms with Gasteiger partial charge < -0.3 is 9.72 Å². The molecule has 0 atom stereocenters. The van der Waals surface area contributed by atoms with Gasteiger partial charge in [0.1, 0.15) is 5.65 Å². The molecule has 0 aliphatic heterocycles. The summed E-state index contributed by atoms with van der Waals surface area (Å²) in [5.41, 5.74) is 0.722. The van der Waals surface area contributed by atoms with Crippen molar-refractivity contribution in [3.05, 3.63) is 80.2 Å². The van der Waals surface area contributed by atoms with Crippen LogP contribution in [0.4, 0.5) is 0 Å². The third-order valence-electron chi connectivity index (χ3n) is 4.38. The summed E-state index contributed by atoms with van der Waals surface area (Å²) >= 11 is 5.94. The lowest BCUT2D eigenvalue weighted by molar-refractivity contribution is -0.121. The molecule has 142 valence electrons. The number of carbonyl (C=O) groups is 1. The van der Waals surface area contributed by atoms with Crippen LogP contribution in [0.5, 0.6) is 0 Å². The van der Waals surface area contributed by atoms with Gasteiger partial charge in [-0.05, 0) is 24.3 Å². The summed E-state index contributed by atoms with van der Waals surface area (Å²) in [7, 11) is 0. The fourth-order valence-corrected chi connectivity index (χ4v) is 3.17. The Hall–Kier alpha value is -3.39. The number of amides is 1. The molecular weight excluding hydrogens is 382 g/mol. The summed E-state index contributed by atoms with van der Waals surface area (Å²) in [4.78, 5) is 41.1. The number of hydrogen-bond acceptors (Lipinski definition) is 4. The number of nitrogens with zero attached hydrogens (tertiary/aromatic N) is 3. The highest BCUT2D eigenvalue weighted by atomic mass is 35.5. The van der Waals surface area contributed by atoms with Gasteiger partial charge in [-0.1, -0.05) is 23.7 Å². The lowest BCUT2D eigenvalue weighted by Gasteiger charge is -2.07. The van der Waals surface area contributed by atoms with Crippen molar-refractivity contribution in [3.63, 3.8) is 0 Å². The van der Waals surface area contributed by atoms with Crippen molar-refractivity contribution in [2.24, 2.45) is 0 Å². The number of carbonyl (C=O) groups excluding carboxylic acids is 1. The van der Waals surface area contributed by atoms with Crippen LogP contribution in [0.25, 0.3) is 16.4 Å². The SMILES string of the molecule is O=C(CCn1[nH]c(=O)c2ccccc2c1=O)NCc1cn2cc(Cl)ccc2n1. The minimum Gasteiger partial charge on any atom is -0.350 e. The van der Waals surface area contributed by atoms with Crippen molar-refractivity contribution in [2.75, 3.05) is 0 Å². The van der Waals surface area contributed by atoms with Gasteiger partial charge in [0.15, 0.2) is 0 Å². The van der Waals surface area contributed by atoms with Gasteiger partial charge in [0, 0.05) is 18.8 Å². The summed E-state index contributed by atoms with van der Waals surface area (Å²) < 4.78 is 2.94. The number of imidazole rings is 1. The molecule has 4 rings (SSSR count). The Morgan fingerprint density at radius 2 is 1.89 bits per heavy atom. The molecule has 0 saturated heterocycles. The van der Waals surface area contributed by atoms with E-state index < -0.39 is 0 Å². The van der Waals surface area contributed by atoms with Crippen molar-refractivity contribution in [3.8, 4) is 0 Å². The number of H-pyrrole nitrogens is 1. The second-order valence-corrected chi connectivity index (χ2v) is 6.75. The van der Waals surface area contributed by atoms with E-state index in [0.29, 0.717) is 21.5 Å². The zero-order valence-electron chi connectivity index (χ0n) is 14.7. The van der Waals surface area contributed by atoms with E-state index in [9.17, 15) is 14.4 Å². The average molecular weight is 398 g/mol. The van der Waals surface area contributed by atoms with Crippen LogP contribution in [0.2, 0.25) is 5.02 Å². The molecule has 1 amide bonds. The second-order valence-electron chi connectivity index (χ2n) is 6.32. The highest BCUT2D eigenvalue weighted by molar-refractivity contribution is 6.30. The van der Waals surface area contributed by atoms with E-state index in [-0.39, 0.29) is 36.5 Å². The lowest BCUT2D eigenvalue weighted by Crippen LogP contribution is -2.32. The largest absolute Gasteiger partial charge is 0.350 e. The summed E-state index contributed by atoms with van der Waals surface area (Å²) in [6.07, 6.45) is 3.57. The van der Waals surface area contributed by atoms with E-state index >= 15 is 0 Å². The summed E-state index contributed by atoms with van der Waals surface area (Å²) in [5.74, 6) is -0.254. The minimum atomic E-state index is -0.362. The maximum absolute atomic E-state index is 12.4. The zero-order chi connectivity index (χ0) is 19.7. The predicted molar refractivity (Wildman–Crippen MR) is 105 cm³/mol. The molecule has 0 aliphatic rings. The van der Waals surface area contributed by atoms with Gasteiger partial charge in [0.2, 0.25) is 5.91 Å². The topological polar surface area (TPSA) is 101 Å². The second kappa shape index (κ2) is 7.32. The molecule has 0 aliphatic carbocycles. The Morgan fingerprint density at radius 1 is 1.11 bits per heavy atom. The van der Waals surface area contributed by atoms with E-state index in [1.165, 1.54) is 0 Å². The minimum absolute atomic E-state index is 0.0490. The molecule has 2 N–H and O–H groups in total. The van der Waals surface area contributed by atoms with Crippen LogP contribution >= 0.6 is 11.6 Å². The number of nitrogens with one attached hydrogen (secondary N) is 2. The first-order valence-corrected chi connectivity index (χ1v) is 9.01. The fourth-order valence-electron chi connectivity index (χ4n) is 3.00. The Balaban J connectivity index is 1.41. The van der Waals surface area contributed by atoms with Gasteiger partial charge in [-0.2, -0.15) is 0 Å². The van der Waals surface area contributed by atoms with Crippen molar-refractivity contribution in [2.45, 2.75) is 19.5 Å². The zero-order valence-corrected chi connectivity index (χ0v) is 15.4. The van der Waals surface area contributed by atoms with Gasteiger partial charge in [0.25, 0.3) is 11.1 Å². The lowest BCUT2D eigenvalue weighted by atomic mass is 10.2. The Bertz CT molecular complexity index is 1300. The average Bonchev–Trinajstić information content (AvgIpc) is 3.10. The molecule has 0 radical (unpaired) electrons. The van der Waals surface area contributed by atoms with E-state index in [1.54, 1.807) is 53.2 Å². The number of fused-ring (bicyclic) bond motifs is 2. The van der Waals surface area contributed by atoms with Crippen LogP contribution in [0.3, 0.4) is 0 Å². The summed E-state index contributed by atoms with van der Waals surface area (Å²) in [6, 6.07) is 10.1. The predicted octanol–water partition coefficient (Wildman–Crippen LogP) is 1.70. The molecule has 8 nitrogen and oxygen atoms in total. The molecule has 3 aromatic heterocycles. The first-order chi connectivity index (χ1) is 13.5. The Labute approximate surface area is 163 Å². The molecule has 0 unspecified atom stereocenters. The van der Waals surface area contributed by atoms with Gasteiger partial charge in [0.05, 0.1) is 34.6 Å². The molecule has 0 bridgehead atoms. The molecular formula is C19H16ClN5O3. The quantitative estimate of drug-likeness (QED) is 0.535. The van der Waals surface area contributed by atoms with E-state index in [1.807, 2.05) is 0 Å². The van der Waals surface area contributed by atoms with E-state index in [2.05, 4.69) is 15.4 Å². The summed E-state index contributed by atoms with van der Waals surface area (Å²) in [5, 5.41) is 6.53. The van der Waals surface area contributed by atoms with Crippen molar-refractivity contribution in [1.29, 1.82) is 0 Å². The molecule has 28 heavy (non-hydrogen) atoms. The maximum Gasteiger partial charge on any atom is 0.273 e. The van der Waals surface area contributed by atoms with Gasteiger partial charge >= 0.3 is 0 Å². The normalized spacial score (nSPS) is 11.2. The number of pyridine rings is 1. The highest BCUT2D eigenvalue weighted by Gasteiger charge is 2.09. The summed E-state index contributed by atoms with van der Waals surface area (Å²) in [6.45, 7) is 0.326. The Kier molecular flexibility index (Phi) is 4.70. The Morgan fingerprint density at radius 3 is 2.71 bits per heavy atom. The number of aromatic nitrogens is 4. The van der Waals surface area contributed by atoms with Crippen LogP contribution in [0.15, 0.2) is 58.4 Å². The first kappa shape index (κ1) is 18.0. The van der Waals surface area contributed by atoms with Gasteiger partial charge in [-0.15, -0.1) is 0 Å². The molecule has 3 heterocycles. The number of halogens is 1. The smallest absolute Gasteiger partial charge is 0.273 e. The van der Waals surface area contributed by atoms with Gasteiger partial charge in [-0.3, -0.25) is 19.5 Å². The molecule has 9 heteroatoms. The number of rotatable bonds is 5. The van der Waals surface area contributed by atoms with Crippen LogP contribution < -0.4 is 16.4 Å². The third-order valence-corrected chi connectivity index (χ3v) is 4.60. The first-order valence-electron chi connectivity index (χ1n) is 8.63. The highest BCUT2D eigenvalue weighted by Crippen LogP contribution is 2.11. The monoisotopic (exact) mass is 397 g/mol. The molecule has 0 saturated carbocycles. The number of aromatic amines is 1. The third kappa shape index (κ3) is 3.54. The van der Waals surface area contributed by atoms with Crippen LogP contribution in [0, 0.1) is 0 Å².